The predicted molar refractivity (Wildman–Crippen MR) is 50.5 cm³/mol. The van der Waals surface area contributed by atoms with Crippen molar-refractivity contribution in [3.05, 3.63) is 0 Å². The minimum Gasteiger partial charge on any atom is -0.343 e. The Hall–Kier alpha value is -0.570. The molecule has 3 nitrogen and oxygen atoms in total. The van der Waals surface area contributed by atoms with Gasteiger partial charge in [-0.2, -0.15) is 0 Å². The van der Waals surface area contributed by atoms with E-state index in [1.54, 1.807) is 4.90 Å². The Morgan fingerprint density at radius 3 is 1.83 bits per heavy atom. The fourth-order valence-corrected chi connectivity index (χ4v) is 0.901. The minimum atomic E-state index is -0.0677. The predicted octanol–water partition coefficient (Wildman–Crippen LogP) is 1.26. The molecule has 0 heterocycles. The van der Waals surface area contributed by atoms with Gasteiger partial charge in [0.1, 0.15) is 5.78 Å². The van der Waals surface area contributed by atoms with Crippen LogP contribution in [0.1, 0.15) is 27.2 Å². The zero-order chi connectivity index (χ0) is 8.85. The van der Waals surface area contributed by atoms with Crippen LogP contribution in [0.25, 0.3) is 0 Å². The summed E-state index contributed by atoms with van der Waals surface area (Å²) in [7, 11) is 0. The van der Waals surface area contributed by atoms with Gasteiger partial charge in [-0.25, -0.2) is 0 Å². The lowest BCUT2D eigenvalue weighted by Gasteiger charge is -2.17. The summed E-state index contributed by atoms with van der Waals surface area (Å²) < 4.78 is 0. The van der Waals surface area contributed by atoms with Crippen LogP contribution in [0.2, 0.25) is 0 Å². The van der Waals surface area contributed by atoms with Gasteiger partial charge in [0.05, 0.1) is 6.42 Å². The largest absolute Gasteiger partial charge is 0.343 e. The lowest BCUT2D eigenvalue weighted by molar-refractivity contribution is -0.134. The molecule has 1 amide bonds. The number of ketones is 1. The standard InChI is InChI=1S/C8H15NO2.ClH/c1-4-9(5-2)8(11)6-7(3)10;/h4-6H2,1-3H3;1H. The van der Waals surface area contributed by atoms with Crippen LogP contribution >= 0.6 is 12.4 Å². The maximum absolute atomic E-state index is 11.1. The van der Waals surface area contributed by atoms with E-state index < -0.39 is 0 Å². The molecule has 0 aliphatic heterocycles. The molecule has 0 bridgehead atoms. The average Bonchev–Trinajstić information content (AvgIpc) is 1.88. The van der Waals surface area contributed by atoms with Gasteiger partial charge in [0.2, 0.25) is 5.91 Å². The van der Waals surface area contributed by atoms with Gasteiger partial charge >= 0.3 is 0 Å². The van der Waals surface area contributed by atoms with Crippen LogP contribution in [0.15, 0.2) is 0 Å². The maximum Gasteiger partial charge on any atom is 0.229 e. The van der Waals surface area contributed by atoms with E-state index >= 15 is 0 Å². The van der Waals surface area contributed by atoms with Gasteiger partial charge in [-0.3, -0.25) is 9.59 Å². The zero-order valence-electron chi connectivity index (χ0n) is 7.79. The first-order valence-electron chi connectivity index (χ1n) is 3.89. The highest BCUT2D eigenvalue weighted by Gasteiger charge is 2.10. The number of amides is 1. The molecular weight excluding hydrogens is 178 g/mol. The molecule has 72 valence electrons. The molecule has 0 aromatic heterocycles. The normalized spacial score (nSPS) is 8.58. The van der Waals surface area contributed by atoms with E-state index in [9.17, 15) is 9.59 Å². The molecule has 12 heavy (non-hydrogen) atoms. The topological polar surface area (TPSA) is 37.4 Å². The lowest BCUT2D eigenvalue weighted by Crippen LogP contribution is -2.31. The fourth-order valence-electron chi connectivity index (χ4n) is 0.901. The highest BCUT2D eigenvalue weighted by Crippen LogP contribution is 1.93. The molecule has 0 N–H and O–H groups in total. The van der Waals surface area contributed by atoms with Gasteiger partial charge in [0.25, 0.3) is 0 Å². The minimum absolute atomic E-state index is 0. The Morgan fingerprint density at radius 1 is 1.17 bits per heavy atom. The van der Waals surface area contributed by atoms with Crippen molar-refractivity contribution < 1.29 is 9.59 Å². The van der Waals surface area contributed by atoms with Crippen molar-refractivity contribution in [3.8, 4) is 0 Å². The molecule has 0 aliphatic carbocycles. The van der Waals surface area contributed by atoms with Gasteiger partial charge in [-0.1, -0.05) is 0 Å². The van der Waals surface area contributed by atoms with Gasteiger partial charge in [0, 0.05) is 13.1 Å². The molecule has 0 radical (unpaired) electrons. The van der Waals surface area contributed by atoms with E-state index in [1.165, 1.54) is 6.92 Å². The average molecular weight is 194 g/mol. The van der Waals surface area contributed by atoms with Crippen molar-refractivity contribution in [2.24, 2.45) is 0 Å². The number of hydrogen-bond donors (Lipinski definition) is 0. The Morgan fingerprint density at radius 2 is 1.58 bits per heavy atom. The first kappa shape index (κ1) is 14.0. The first-order valence-corrected chi connectivity index (χ1v) is 3.89. The number of carbonyl (C=O) groups excluding carboxylic acids is 2. The van der Waals surface area contributed by atoms with Gasteiger partial charge in [-0.05, 0) is 20.8 Å². The van der Waals surface area contributed by atoms with E-state index in [2.05, 4.69) is 0 Å². The Bertz CT molecular complexity index is 155. The highest BCUT2D eigenvalue weighted by atomic mass is 35.5. The zero-order valence-corrected chi connectivity index (χ0v) is 8.61. The van der Waals surface area contributed by atoms with Crippen LogP contribution in [0.3, 0.4) is 0 Å². The summed E-state index contributed by atoms with van der Waals surface area (Å²) in [6, 6.07) is 0. The first-order chi connectivity index (χ1) is 5.11. The lowest BCUT2D eigenvalue weighted by atomic mass is 10.3. The summed E-state index contributed by atoms with van der Waals surface area (Å²) in [5, 5.41) is 0. The Balaban J connectivity index is 0. The van der Waals surface area contributed by atoms with Crippen LogP contribution in [-0.2, 0) is 9.59 Å². The van der Waals surface area contributed by atoms with E-state index in [0.29, 0.717) is 13.1 Å². The van der Waals surface area contributed by atoms with Crippen molar-refractivity contribution in [1.29, 1.82) is 0 Å². The maximum atomic E-state index is 11.1. The van der Waals surface area contributed by atoms with E-state index in [-0.39, 0.29) is 30.5 Å². The second-order valence-corrected chi connectivity index (χ2v) is 2.44. The van der Waals surface area contributed by atoms with Crippen molar-refractivity contribution in [2.45, 2.75) is 27.2 Å². The molecule has 0 atom stereocenters. The summed E-state index contributed by atoms with van der Waals surface area (Å²) in [5.41, 5.74) is 0. The number of carbonyl (C=O) groups is 2. The van der Waals surface area contributed by atoms with Crippen LogP contribution in [0.4, 0.5) is 0 Å². The summed E-state index contributed by atoms with van der Waals surface area (Å²) in [6.45, 7) is 6.61. The van der Waals surface area contributed by atoms with Gasteiger partial charge < -0.3 is 4.90 Å². The molecule has 0 aromatic carbocycles. The van der Waals surface area contributed by atoms with E-state index in [1.807, 2.05) is 13.8 Å². The molecule has 4 heteroatoms. The Labute approximate surface area is 79.5 Å². The third kappa shape index (κ3) is 5.13. The molecule has 0 spiro atoms. The number of nitrogens with zero attached hydrogens (tertiary/aromatic N) is 1. The molecule has 0 aliphatic rings. The molecular formula is C8H16ClNO2. The molecule has 0 unspecified atom stereocenters. The Kier molecular flexibility index (Phi) is 8.27. The van der Waals surface area contributed by atoms with Crippen LogP contribution in [0.5, 0.6) is 0 Å². The number of halogens is 1. The van der Waals surface area contributed by atoms with Crippen LogP contribution < -0.4 is 0 Å². The molecule has 0 aromatic rings. The number of hydrogen-bond acceptors (Lipinski definition) is 2. The molecule has 0 saturated heterocycles. The van der Waals surface area contributed by atoms with Crippen molar-refractivity contribution in [3.63, 3.8) is 0 Å². The third-order valence-corrected chi connectivity index (χ3v) is 1.52. The second-order valence-electron chi connectivity index (χ2n) is 2.44. The monoisotopic (exact) mass is 193 g/mol. The summed E-state index contributed by atoms with van der Waals surface area (Å²) in [6.07, 6.45) is 0.0433. The third-order valence-electron chi connectivity index (χ3n) is 1.52. The summed E-state index contributed by atoms with van der Waals surface area (Å²) >= 11 is 0. The molecule has 0 fully saturated rings. The quantitative estimate of drug-likeness (QED) is 0.631. The highest BCUT2D eigenvalue weighted by molar-refractivity contribution is 5.96. The van der Waals surface area contributed by atoms with Gasteiger partial charge in [0.15, 0.2) is 0 Å². The van der Waals surface area contributed by atoms with Crippen molar-refractivity contribution in [2.75, 3.05) is 13.1 Å². The molecule has 0 saturated carbocycles. The molecule has 0 rings (SSSR count). The van der Waals surface area contributed by atoms with Crippen molar-refractivity contribution in [1.82, 2.24) is 4.90 Å². The second kappa shape index (κ2) is 7.10. The van der Waals surface area contributed by atoms with Crippen LogP contribution in [0, 0.1) is 0 Å². The number of Topliss-reactive ketones (excluding diaryl/α,β-unsaturated/α-hetero) is 1. The SMILES string of the molecule is CCN(CC)C(=O)CC(C)=O.Cl. The van der Waals surface area contributed by atoms with E-state index in [4.69, 9.17) is 0 Å². The summed E-state index contributed by atoms with van der Waals surface area (Å²) in [4.78, 5) is 23.3. The smallest absolute Gasteiger partial charge is 0.229 e. The fraction of sp³-hybridized carbons (Fsp3) is 0.750. The number of rotatable bonds is 4. The van der Waals surface area contributed by atoms with Crippen LogP contribution in [-0.4, -0.2) is 29.7 Å². The summed E-state index contributed by atoms with van der Waals surface area (Å²) in [5.74, 6) is -0.135. The van der Waals surface area contributed by atoms with E-state index in [0.717, 1.165) is 0 Å². The van der Waals surface area contributed by atoms with Crippen molar-refractivity contribution >= 4 is 24.1 Å². The van der Waals surface area contributed by atoms with Gasteiger partial charge in [-0.15, -0.1) is 12.4 Å².